The lowest BCUT2D eigenvalue weighted by atomic mass is 10.0. The van der Waals surface area contributed by atoms with Crippen LogP contribution in [-0.2, 0) is 9.84 Å². The summed E-state index contributed by atoms with van der Waals surface area (Å²) >= 11 is 4.25. The average Bonchev–Trinajstić information content (AvgIpc) is 2.76. The van der Waals surface area contributed by atoms with Gasteiger partial charge in [-0.15, -0.1) is 0 Å². The van der Waals surface area contributed by atoms with E-state index in [2.05, 4.69) is 22.6 Å². The van der Waals surface area contributed by atoms with Gasteiger partial charge in [0.2, 0.25) is 0 Å². The Kier molecular flexibility index (Phi) is 4.99. The SMILES string of the molecule is Cc1ccc(S(=O)(=O)C[C@@H]2CSC[C@@H]2CI)cc1. The van der Waals surface area contributed by atoms with E-state index in [4.69, 9.17) is 0 Å². The van der Waals surface area contributed by atoms with E-state index in [-0.39, 0.29) is 0 Å². The zero-order valence-electron chi connectivity index (χ0n) is 10.3. The third kappa shape index (κ3) is 3.42. The van der Waals surface area contributed by atoms with Crippen LogP contribution in [0.3, 0.4) is 0 Å². The van der Waals surface area contributed by atoms with Crippen LogP contribution in [0.25, 0.3) is 0 Å². The Morgan fingerprint density at radius 1 is 1.22 bits per heavy atom. The summed E-state index contributed by atoms with van der Waals surface area (Å²) in [6.07, 6.45) is 0. The highest BCUT2D eigenvalue weighted by Crippen LogP contribution is 2.33. The molecular weight excluding hydrogens is 379 g/mol. The van der Waals surface area contributed by atoms with E-state index < -0.39 is 9.84 Å². The van der Waals surface area contributed by atoms with E-state index in [0.29, 0.717) is 22.5 Å². The standard InChI is InChI=1S/C13H17IO2S2/c1-10-2-4-13(5-3-10)18(15,16)9-12-8-17-7-11(12)6-14/h2-5,11-12H,6-9H2,1H3/t11-,12-/m0/s1. The fourth-order valence-corrected chi connectivity index (χ4v) is 6.94. The predicted octanol–water partition coefficient (Wildman–Crippen LogP) is 3.18. The van der Waals surface area contributed by atoms with Crippen LogP contribution in [0.2, 0.25) is 0 Å². The van der Waals surface area contributed by atoms with E-state index in [1.165, 1.54) is 0 Å². The fraction of sp³-hybridized carbons (Fsp3) is 0.538. The van der Waals surface area contributed by atoms with Crippen molar-refractivity contribution in [1.29, 1.82) is 0 Å². The summed E-state index contributed by atoms with van der Waals surface area (Å²) in [5, 5.41) is 0. The Morgan fingerprint density at radius 3 is 2.44 bits per heavy atom. The van der Waals surface area contributed by atoms with E-state index in [0.717, 1.165) is 21.5 Å². The zero-order valence-corrected chi connectivity index (χ0v) is 14.1. The lowest BCUT2D eigenvalue weighted by Gasteiger charge is -2.16. The number of halogens is 1. The molecule has 0 radical (unpaired) electrons. The van der Waals surface area contributed by atoms with Gasteiger partial charge in [0.1, 0.15) is 0 Å². The molecule has 2 atom stereocenters. The fourth-order valence-electron chi connectivity index (χ4n) is 2.12. The van der Waals surface area contributed by atoms with Crippen LogP contribution in [0.15, 0.2) is 29.2 Å². The smallest absolute Gasteiger partial charge is 0.178 e. The van der Waals surface area contributed by atoms with Gasteiger partial charge in [0.25, 0.3) is 0 Å². The molecule has 1 aromatic carbocycles. The maximum absolute atomic E-state index is 12.3. The molecule has 0 aromatic heterocycles. The molecular formula is C13H17IO2S2. The molecule has 2 nitrogen and oxygen atoms in total. The van der Waals surface area contributed by atoms with Crippen LogP contribution >= 0.6 is 34.4 Å². The van der Waals surface area contributed by atoms with Gasteiger partial charge in [0.15, 0.2) is 9.84 Å². The third-order valence-corrected chi connectivity index (χ3v) is 7.66. The molecule has 1 heterocycles. The molecule has 0 unspecified atom stereocenters. The first-order chi connectivity index (χ1) is 8.53. The molecule has 1 aliphatic heterocycles. The van der Waals surface area contributed by atoms with Crippen LogP contribution in [0.1, 0.15) is 5.56 Å². The number of alkyl halides is 1. The molecule has 0 aliphatic carbocycles. The van der Waals surface area contributed by atoms with Crippen molar-refractivity contribution >= 4 is 44.2 Å². The summed E-state index contributed by atoms with van der Waals surface area (Å²) in [5.74, 6) is 3.26. The van der Waals surface area contributed by atoms with Crippen molar-refractivity contribution in [3.05, 3.63) is 29.8 Å². The van der Waals surface area contributed by atoms with E-state index in [1.54, 1.807) is 12.1 Å². The first-order valence-corrected chi connectivity index (χ1v) is 10.3. The number of rotatable bonds is 4. The number of hydrogen-bond donors (Lipinski definition) is 0. The minimum absolute atomic E-state index is 0.302. The topological polar surface area (TPSA) is 34.1 Å². The Labute approximate surface area is 127 Å². The molecule has 1 saturated heterocycles. The van der Waals surface area contributed by atoms with Crippen molar-refractivity contribution in [1.82, 2.24) is 0 Å². The summed E-state index contributed by atoms with van der Waals surface area (Å²) in [6.45, 7) is 1.97. The molecule has 1 fully saturated rings. The van der Waals surface area contributed by atoms with Crippen molar-refractivity contribution in [2.75, 3.05) is 21.7 Å². The van der Waals surface area contributed by atoms with Gasteiger partial charge in [0.05, 0.1) is 10.6 Å². The van der Waals surface area contributed by atoms with Crippen molar-refractivity contribution in [2.24, 2.45) is 11.8 Å². The summed E-state index contributed by atoms with van der Waals surface area (Å²) in [6, 6.07) is 7.19. The number of hydrogen-bond acceptors (Lipinski definition) is 3. The van der Waals surface area contributed by atoms with Crippen LogP contribution in [0.4, 0.5) is 0 Å². The third-order valence-electron chi connectivity index (χ3n) is 3.34. The van der Waals surface area contributed by atoms with Gasteiger partial charge in [-0.1, -0.05) is 40.3 Å². The molecule has 1 aromatic rings. The van der Waals surface area contributed by atoms with Crippen molar-refractivity contribution in [3.8, 4) is 0 Å². The average molecular weight is 396 g/mol. The lowest BCUT2D eigenvalue weighted by molar-refractivity contribution is 0.497. The summed E-state index contributed by atoms with van der Waals surface area (Å²) in [7, 11) is -3.12. The molecule has 100 valence electrons. The second-order valence-electron chi connectivity index (χ2n) is 4.81. The maximum atomic E-state index is 12.3. The highest BCUT2D eigenvalue weighted by Gasteiger charge is 2.31. The first-order valence-electron chi connectivity index (χ1n) is 5.96. The molecule has 0 amide bonds. The minimum Gasteiger partial charge on any atom is -0.224 e. The van der Waals surface area contributed by atoms with Crippen molar-refractivity contribution in [3.63, 3.8) is 0 Å². The number of aryl methyl sites for hydroxylation is 1. The highest BCUT2D eigenvalue weighted by molar-refractivity contribution is 14.1. The summed E-state index contributed by atoms with van der Waals surface area (Å²) in [5.41, 5.74) is 1.09. The highest BCUT2D eigenvalue weighted by atomic mass is 127. The van der Waals surface area contributed by atoms with Gasteiger partial charge in [-0.05, 0) is 42.4 Å². The van der Waals surface area contributed by atoms with Crippen molar-refractivity contribution < 1.29 is 8.42 Å². The number of sulfone groups is 1. The lowest BCUT2D eigenvalue weighted by Crippen LogP contribution is -2.23. The Bertz CT molecular complexity index is 496. The Hall–Kier alpha value is 0.250. The van der Waals surface area contributed by atoms with Gasteiger partial charge >= 0.3 is 0 Å². The van der Waals surface area contributed by atoms with Crippen LogP contribution in [-0.4, -0.2) is 30.1 Å². The van der Waals surface area contributed by atoms with E-state index in [1.807, 2.05) is 30.8 Å². The summed E-state index contributed by atoms with van der Waals surface area (Å²) in [4.78, 5) is 0.470. The zero-order chi connectivity index (χ0) is 13.2. The van der Waals surface area contributed by atoms with E-state index in [9.17, 15) is 8.42 Å². The monoisotopic (exact) mass is 396 g/mol. The predicted molar refractivity (Wildman–Crippen MR) is 86.4 cm³/mol. The van der Waals surface area contributed by atoms with Gasteiger partial charge < -0.3 is 0 Å². The van der Waals surface area contributed by atoms with Gasteiger partial charge in [-0.25, -0.2) is 8.42 Å². The first kappa shape index (κ1) is 14.7. The molecule has 0 spiro atoms. The largest absolute Gasteiger partial charge is 0.224 e. The molecule has 0 N–H and O–H groups in total. The Morgan fingerprint density at radius 2 is 1.83 bits per heavy atom. The maximum Gasteiger partial charge on any atom is 0.178 e. The molecule has 2 rings (SSSR count). The molecule has 1 aliphatic rings. The number of thioether (sulfide) groups is 1. The molecule has 5 heteroatoms. The van der Waals surface area contributed by atoms with E-state index >= 15 is 0 Å². The molecule has 18 heavy (non-hydrogen) atoms. The molecule has 0 bridgehead atoms. The van der Waals surface area contributed by atoms with Crippen LogP contribution in [0.5, 0.6) is 0 Å². The normalized spacial score (nSPS) is 24.3. The Balaban J connectivity index is 2.14. The van der Waals surface area contributed by atoms with Crippen molar-refractivity contribution in [2.45, 2.75) is 11.8 Å². The van der Waals surface area contributed by atoms with Gasteiger partial charge in [0, 0.05) is 4.43 Å². The minimum atomic E-state index is -3.12. The number of benzene rings is 1. The van der Waals surface area contributed by atoms with Gasteiger partial charge in [-0.3, -0.25) is 0 Å². The van der Waals surface area contributed by atoms with Crippen LogP contribution in [0, 0.1) is 18.8 Å². The second-order valence-corrected chi connectivity index (χ2v) is 8.80. The quantitative estimate of drug-likeness (QED) is 0.579. The summed E-state index contributed by atoms with van der Waals surface area (Å²) < 4.78 is 25.8. The molecule has 0 saturated carbocycles. The van der Waals surface area contributed by atoms with Gasteiger partial charge in [-0.2, -0.15) is 11.8 Å². The second kappa shape index (κ2) is 6.13. The van der Waals surface area contributed by atoms with Crippen LogP contribution < -0.4 is 0 Å².